The summed E-state index contributed by atoms with van der Waals surface area (Å²) in [6.07, 6.45) is 5.83. The van der Waals surface area contributed by atoms with E-state index in [1.165, 1.54) is 6.42 Å². The second kappa shape index (κ2) is 16.3. The molecule has 0 saturated heterocycles. The van der Waals surface area contributed by atoms with Crippen molar-refractivity contribution in [2.45, 2.75) is 32.6 Å². The van der Waals surface area contributed by atoms with E-state index in [-0.39, 0.29) is 60.5 Å². The molecule has 0 radical (unpaired) electrons. The Kier molecular flexibility index (Phi) is 30.8. The Morgan fingerprint density at radius 3 is 2.22 bits per heavy atom. The molecule has 0 aromatic rings. The van der Waals surface area contributed by atoms with E-state index >= 15 is 0 Å². The summed E-state index contributed by atoms with van der Waals surface area (Å²) in [5, 5.41) is 0. The molecule has 0 saturated carbocycles. The van der Waals surface area contributed by atoms with Gasteiger partial charge in [-0.1, -0.05) is 26.2 Å². The van der Waals surface area contributed by atoms with Gasteiger partial charge in [-0.2, -0.15) is 6.42 Å². The third-order valence-electron chi connectivity index (χ3n) is 0.882. The van der Waals surface area contributed by atoms with Crippen LogP contribution in [0, 0.1) is 0 Å². The average Bonchev–Trinajstić information content (AvgIpc) is 1.69. The Morgan fingerprint density at radius 1 is 1.33 bits per heavy atom. The van der Waals surface area contributed by atoms with E-state index in [1.54, 1.807) is 0 Å². The zero-order valence-corrected chi connectivity index (χ0v) is 10.7. The first-order valence-corrected chi connectivity index (χ1v) is 2.76. The Balaban J connectivity index is -0.0000000600. The zero-order valence-electron chi connectivity index (χ0n) is 7.74. The first-order chi connectivity index (χ1) is 3.41. The Bertz CT molecular complexity index is 53.0. The Morgan fingerprint density at radius 2 is 1.89 bits per heavy atom. The summed E-state index contributed by atoms with van der Waals surface area (Å²) in [5.41, 5.74) is 0. The third kappa shape index (κ3) is 17.7. The molecule has 0 unspecified atom stereocenters. The largest absolute Gasteiger partial charge is 1.00 e. The first-order valence-electron chi connectivity index (χ1n) is 2.76. The van der Waals surface area contributed by atoms with Crippen LogP contribution in [0.4, 0.5) is 0 Å². The Hall–Kier alpha value is 1.67. The fourth-order valence-electron chi connectivity index (χ4n) is 0.447. The van der Waals surface area contributed by atoms with Crippen molar-refractivity contribution in [1.29, 1.82) is 0 Å². The SMILES string of the molecule is CCCCC[C-]=O.[H-].[Na+].[Na+]. The molecule has 1 nitrogen and oxygen atoms in total. The molecule has 0 rings (SSSR count). The number of unbranched alkanes of at least 4 members (excludes halogenated alkanes) is 3. The number of hydrogen-bond acceptors (Lipinski definition) is 1. The Labute approximate surface area is 103 Å². The molecule has 0 aromatic heterocycles. The van der Waals surface area contributed by atoms with Crippen molar-refractivity contribution in [3.05, 3.63) is 0 Å². The van der Waals surface area contributed by atoms with Crippen molar-refractivity contribution in [1.82, 2.24) is 0 Å². The molecule has 44 valence electrons. The van der Waals surface area contributed by atoms with Gasteiger partial charge in [-0.3, -0.25) is 6.29 Å². The second-order valence-electron chi connectivity index (χ2n) is 1.60. The van der Waals surface area contributed by atoms with Crippen LogP contribution < -0.4 is 59.1 Å². The van der Waals surface area contributed by atoms with Crippen molar-refractivity contribution in [3.63, 3.8) is 0 Å². The fourth-order valence-corrected chi connectivity index (χ4v) is 0.447. The molecule has 0 bridgehead atoms. The predicted molar refractivity (Wildman–Crippen MR) is 30.9 cm³/mol. The molecule has 0 atom stereocenters. The normalized spacial score (nSPS) is 6.78. The van der Waals surface area contributed by atoms with Gasteiger partial charge in [0.2, 0.25) is 0 Å². The zero-order chi connectivity index (χ0) is 5.54. The van der Waals surface area contributed by atoms with Crippen molar-refractivity contribution in [2.75, 3.05) is 0 Å². The van der Waals surface area contributed by atoms with E-state index in [2.05, 4.69) is 6.92 Å². The molecule has 0 fully saturated rings. The summed E-state index contributed by atoms with van der Waals surface area (Å²) < 4.78 is 0. The van der Waals surface area contributed by atoms with Crippen LogP contribution in [-0.4, -0.2) is 6.29 Å². The standard InChI is InChI=1S/C6H11O.2Na.H/c1-2-3-4-5-6-7;;;/h2-5H2,1H3;;;/q-1;2*+1;-1. The quantitative estimate of drug-likeness (QED) is 0.223. The smallest absolute Gasteiger partial charge is 1.00 e. The topological polar surface area (TPSA) is 17.1 Å². The number of carbonyl (C=O) groups excluding carboxylic acids is 1. The van der Waals surface area contributed by atoms with Gasteiger partial charge in [-0.15, -0.1) is 0 Å². The van der Waals surface area contributed by atoms with Gasteiger partial charge in [-0.05, 0) is 0 Å². The van der Waals surface area contributed by atoms with Crippen LogP contribution in [0.1, 0.15) is 34.0 Å². The monoisotopic (exact) mass is 146 g/mol. The van der Waals surface area contributed by atoms with Gasteiger partial charge in [0.25, 0.3) is 0 Å². The van der Waals surface area contributed by atoms with Crippen LogP contribution in [0.2, 0.25) is 0 Å². The number of hydrogen-bond donors (Lipinski definition) is 0. The maximum absolute atomic E-state index is 9.55. The summed E-state index contributed by atoms with van der Waals surface area (Å²) in [7, 11) is 0. The van der Waals surface area contributed by atoms with Crippen molar-refractivity contribution in [3.8, 4) is 0 Å². The third-order valence-corrected chi connectivity index (χ3v) is 0.882. The molecule has 0 amide bonds. The molecule has 0 aliphatic rings. The minimum absolute atomic E-state index is 0. The molecular weight excluding hydrogens is 134 g/mol. The number of rotatable bonds is 4. The molecule has 0 N–H and O–H groups in total. The minimum Gasteiger partial charge on any atom is -1.00 e. The van der Waals surface area contributed by atoms with Gasteiger partial charge in [0, 0.05) is 0 Å². The minimum atomic E-state index is 0. The summed E-state index contributed by atoms with van der Waals surface area (Å²) in [6.45, 7) is 2.12. The first kappa shape index (κ1) is 17.0. The van der Waals surface area contributed by atoms with Crippen LogP contribution in [0.25, 0.3) is 0 Å². The van der Waals surface area contributed by atoms with Crippen molar-refractivity contribution in [2.24, 2.45) is 0 Å². The van der Waals surface area contributed by atoms with Crippen LogP contribution in [0.3, 0.4) is 0 Å². The molecule has 0 aromatic carbocycles. The van der Waals surface area contributed by atoms with Crippen molar-refractivity contribution >= 4 is 6.29 Å². The van der Waals surface area contributed by atoms with E-state index in [4.69, 9.17) is 0 Å². The molecular formula is C6H12Na2O. The summed E-state index contributed by atoms with van der Waals surface area (Å²) in [5.74, 6) is 0. The molecule has 0 spiro atoms. The van der Waals surface area contributed by atoms with Crippen LogP contribution in [-0.2, 0) is 4.79 Å². The molecule has 3 heteroatoms. The summed E-state index contributed by atoms with van der Waals surface area (Å²) in [6, 6.07) is 0. The summed E-state index contributed by atoms with van der Waals surface area (Å²) in [4.78, 5) is 9.55. The molecule has 0 aliphatic carbocycles. The fraction of sp³-hybridized carbons (Fsp3) is 0.833. The molecule has 0 aliphatic heterocycles. The van der Waals surface area contributed by atoms with Gasteiger partial charge >= 0.3 is 59.1 Å². The maximum Gasteiger partial charge on any atom is 1.00 e. The van der Waals surface area contributed by atoms with Crippen molar-refractivity contribution < 1.29 is 65.3 Å². The van der Waals surface area contributed by atoms with Gasteiger partial charge < -0.3 is 6.22 Å². The molecule has 9 heavy (non-hydrogen) atoms. The van der Waals surface area contributed by atoms with Gasteiger partial charge in [0.15, 0.2) is 0 Å². The summed E-state index contributed by atoms with van der Waals surface area (Å²) >= 11 is 0. The van der Waals surface area contributed by atoms with Gasteiger partial charge in [-0.25, -0.2) is 0 Å². The van der Waals surface area contributed by atoms with E-state index in [9.17, 15) is 4.79 Å². The second-order valence-corrected chi connectivity index (χ2v) is 1.60. The van der Waals surface area contributed by atoms with Crippen LogP contribution in [0.15, 0.2) is 0 Å². The van der Waals surface area contributed by atoms with Crippen LogP contribution in [0.5, 0.6) is 0 Å². The molecule has 0 heterocycles. The van der Waals surface area contributed by atoms with Crippen LogP contribution >= 0.6 is 0 Å². The maximum atomic E-state index is 9.55. The van der Waals surface area contributed by atoms with Gasteiger partial charge in [0.05, 0.1) is 0 Å². The van der Waals surface area contributed by atoms with E-state index in [1.807, 2.05) is 6.29 Å². The van der Waals surface area contributed by atoms with E-state index < -0.39 is 0 Å². The van der Waals surface area contributed by atoms with E-state index in [0.29, 0.717) is 6.42 Å². The predicted octanol–water partition coefficient (Wildman–Crippen LogP) is -4.20. The average molecular weight is 146 g/mol. The van der Waals surface area contributed by atoms with Gasteiger partial charge in [0.1, 0.15) is 0 Å². The van der Waals surface area contributed by atoms with E-state index in [0.717, 1.165) is 12.8 Å².